The van der Waals surface area contributed by atoms with Crippen molar-refractivity contribution in [2.45, 2.75) is 24.2 Å². The van der Waals surface area contributed by atoms with Crippen LogP contribution in [0.5, 0.6) is 23.0 Å². The Kier molecular flexibility index (Phi) is 8.75. The lowest BCUT2D eigenvalue weighted by atomic mass is 9.49. The molecule has 2 saturated heterocycles. The van der Waals surface area contributed by atoms with Gasteiger partial charge in [0.05, 0.1) is 48.8 Å². The number of methoxy groups -OCH3 is 2. The fourth-order valence-electron chi connectivity index (χ4n) is 9.21. The Morgan fingerprint density at radius 1 is 0.875 bits per heavy atom. The third-order valence-corrected chi connectivity index (χ3v) is 11.8. The minimum Gasteiger partial charge on any atom is -0.507 e. The molecule has 4 amide bonds. The first kappa shape index (κ1) is 36.6. The van der Waals surface area contributed by atoms with Crippen LogP contribution in [0.3, 0.4) is 0 Å². The molecule has 3 fully saturated rings. The quantitative estimate of drug-likeness (QED) is 0.125. The van der Waals surface area contributed by atoms with Gasteiger partial charge in [-0.2, -0.15) is 5.01 Å². The molecule has 2 aliphatic carbocycles. The highest BCUT2D eigenvalue weighted by molar-refractivity contribution is 6.30. The van der Waals surface area contributed by atoms with Crippen LogP contribution in [0.1, 0.15) is 40.2 Å². The van der Waals surface area contributed by atoms with Crippen LogP contribution in [0.15, 0.2) is 90.5 Å². The lowest BCUT2D eigenvalue weighted by Crippen LogP contribution is -2.53. The number of carbonyl (C=O) groups excluding carboxylic acids is 4. The van der Waals surface area contributed by atoms with Crippen LogP contribution in [0.4, 0.5) is 15.8 Å². The van der Waals surface area contributed by atoms with Gasteiger partial charge in [-0.15, -0.1) is 0 Å². The maximum absolute atomic E-state index is 15.4. The molecular formula is C41H33ClFN3O10. The van der Waals surface area contributed by atoms with Crippen molar-refractivity contribution in [1.82, 2.24) is 5.01 Å². The number of aromatic carboxylic acids is 1. The van der Waals surface area contributed by atoms with Crippen molar-refractivity contribution in [2.24, 2.45) is 23.7 Å². The SMILES string of the molecule is COc1cc([C@H]2C3=CC[C@@H]4C(=O)N(c5ccc(C(=O)O)c(O)c5)C(=O)[C@@H]4[C@@H]3C[C@H]3C(=O)N(Nc4ccc(F)cc4)C(=O)[C@@]23c2ccc(Cl)cc2)cc(OC)c1O. The van der Waals surface area contributed by atoms with Gasteiger partial charge in [0.1, 0.15) is 17.1 Å². The zero-order valence-electron chi connectivity index (χ0n) is 29.7. The molecule has 4 N–H and O–H groups in total. The topological polar surface area (TPSA) is 183 Å². The zero-order valence-corrected chi connectivity index (χ0v) is 30.5. The summed E-state index contributed by atoms with van der Waals surface area (Å²) in [4.78, 5) is 71.4. The monoisotopic (exact) mass is 781 g/mol. The van der Waals surface area contributed by atoms with Crippen LogP contribution in [-0.2, 0) is 24.6 Å². The van der Waals surface area contributed by atoms with E-state index in [0.29, 0.717) is 21.7 Å². The number of phenols is 2. The highest BCUT2D eigenvalue weighted by Gasteiger charge is 2.70. The molecular weight excluding hydrogens is 749 g/mol. The Morgan fingerprint density at radius 3 is 2.14 bits per heavy atom. The molecule has 2 aliphatic heterocycles. The summed E-state index contributed by atoms with van der Waals surface area (Å²) in [5, 5.41) is 32.2. The molecule has 0 unspecified atom stereocenters. The fraction of sp³-hybridized carbons (Fsp3) is 0.244. The van der Waals surface area contributed by atoms with Crippen LogP contribution < -0.4 is 19.8 Å². The lowest BCUT2D eigenvalue weighted by Gasteiger charge is -2.50. The van der Waals surface area contributed by atoms with Gasteiger partial charge < -0.3 is 24.8 Å². The minimum atomic E-state index is -1.71. The van der Waals surface area contributed by atoms with E-state index >= 15 is 4.79 Å². The fourth-order valence-corrected chi connectivity index (χ4v) is 9.33. The van der Waals surface area contributed by atoms with E-state index in [-0.39, 0.29) is 41.5 Å². The third-order valence-electron chi connectivity index (χ3n) is 11.6. The second-order valence-corrected chi connectivity index (χ2v) is 14.6. The highest BCUT2D eigenvalue weighted by atomic mass is 35.5. The van der Waals surface area contributed by atoms with Gasteiger partial charge in [-0.1, -0.05) is 35.4 Å². The van der Waals surface area contributed by atoms with Crippen molar-refractivity contribution in [2.75, 3.05) is 24.5 Å². The van der Waals surface area contributed by atoms with Crippen LogP contribution in [0, 0.1) is 29.5 Å². The Morgan fingerprint density at radius 2 is 1.54 bits per heavy atom. The van der Waals surface area contributed by atoms with Crippen LogP contribution in [-0.4, -0.2) is 64.1 Å². The molecule has 13 nitrogen and oxygen atoms in total. The van der Waals surface area contributed by atoms with Gasteiger partial charge in [-0.3, -0.25) is 24.6 Å². The van der Waals surface area contributed by atoms with Crippen LogP contribution in [0.2, 0.25) is 5.02 Å². The first-order valence-electron chi connectivity index (χ1n) is 17.6. The van der Waals surface area contributed by atoms with Crippen molar-refractivity contribution in [3.8, 4) is 23.0 Å². The molecule has 286 valence electrons. The number of carbonyl (C=O) groups is 5. The number of carboxylic acids is 1. The summed E-state index contributed by atoms with van der Waals surface area (Å²) in [6.07, 6.45) is 1.84. The molecule has 15 heteroatoms. The molecule has 56 heavy (non-hydrogen) atoms. The summed E-state index contributed by atoms with van der Waals surface area (Å²) in [7, 11) is 2.70. The van der Waals surface area contributed by atoms with E-state index in [1.54, 1.807) is 36.4 Å². The van der Waals surface area contributed by atoms with Gasteiger partial charge in [0.15, 0.2) is 11.5 Å². The third kappa shape index (κ3) is 5.30. The first-order chi connectivity index (χ1) is 26.8. The molecule has 0 radical (unpaired) electrons. The molecule has 4 aliphatic rings. The number of hydrogen-bond acceptors (Lipinski definition) is 10. The molecule has 0 spiro atoms. The zero-order chi connectivity index (χ0) is 39.8. The number of benzene rings is 4. The number of fused-ring (bicyclic) bond motifs is 4. The van der Waals surface area contributed by atoms with E-state index in [2.05, 4.69) is 5.43 Å². The number of aromatic hydroxyl groups is 2. The molecule has 6 atom stereocenters. The number of nitrogens with zero attached hydrogens (tertiary/aromatic N) is 2. The van der Waals surface area contributed by atoms with Crippen molar-refractivity contribution < 1.29 is 53.2 Å². The van der Waals surface area contributed by atoms with Crippen molar-refractivity contribution in [3.05, 3.63) is 118 Å². The van der Waals surface area contributed by atoms with Crippen LogP contribution in [0.25, 0.3) is 0 Å². The van der Waals surface area contributed by atoms with E-state index in [1.807, 2.05) is 6.08 Å². The molecule has 0 aromatic heterocycles. The van der Waals surface area contributed by atoms with Crippen LogP contribution >= 0.6 is 11.6 Å². The summed E-state index contributed by atoms with van der Waals surface area (Å²) < 4.78 is 25.0. The first-order valence-corrected chi connectivity index (χ1v) is 17.9. The Hall–Kier alpha value is -6.41. The standard InChI is InChI=1S/C41H33ClFN3O10/c1-55-31-15-19(16-32(56-2)35(31)48)34-25-13-14-27-33(38(51)45(36(27)49)24-11-12-26(39(52)53)30(47)17-24)28(25)18-29-37(50)46(44-23-9-7-22(43)8-10-23)40(54)41(29,34)20-3-5-21(42)6-4-20/h3-13,15-17,27-29,33-34,44,47-48H,14,18H2,1-2H3,(H,52,53)/t27-,28+,29-,33-,34-,41+/m0/s1. The van der Waals surface area contributed by atoms with Gasteiger partial charge in [0.2, 0.25) is 17.6 Å². The number of ether oxygens (including phenoxy) is 2. The number of imide groups is 2. The van der Waals surface area contributed by atoms with E-state index < -0.39 is 81.7 Å². The molecule has 0 bridgehead atoms. The van der Waals surface area contributed by atoms with Gasteiger partial charge in [0.25, 0.3) is 11.8 Å². The maximum atomic E-state index is 15.4. The van der Waals surface area contributed by atoms with E-state index in [1.165, 1.54) is 44.6 Å². The second kappa shape index (κ2) is 13.4. The highest BCUT2D eigenvalue weighted by Crippen LogP contribution is 2.65. The van der Waals surface area contributed by atoms with Gasteiger partial charge in [0, 0.05) is 17.0 Å². The molecule has 1 saturated carbocycles. The van der Waals surface area contributed by atoms with Crippen molar-refractivity contribution in [3.63, 3.8) is 0 Å². The Labute approximate surface area is 323 Å². The molecule has 2 heterocycles. The number of halogens is 2. The number of nitrogens with one attached hydrogen (secondary N) is 1. The minimum absolute atomic E-state index is 0.0135. The Balaban J connectivity index is 1.33. The predicted octanol–water partition coefficient (Wildman–Crippen LogP) is 5.80. The maximum Gasteiger partial charge on any atom is 0.339 e. The van der Waals surface area contributed by atoms with Crippen molar-refractivity contribution >= 4 is 52.6 Å². The normalized spacial score (nSPS) is 25.4. The molecule has 4 aromatic carbocycles. The summed E-state index contributed by atoms with van der Waals surface area (Å²) >= 11 is 6.36. The average molecular weight is 782 g/mol. The number of rotatable bonds is 8. The number of carboxylic acid groups (broad SMARTS) is 1. The van der Waals surface area contributed by atoms with E-state index in [9.17, 15) is 38.9 Å². The number of amides is 4. The lowest BCUT2D eigenvalue weighted by molar-refractivity contribution is -0.138. The number of hydrogen-bond donors (Lipinski definition) is 4. The summed E-state index contributed by atoms with van der Waals surface area (Å²) in [6, 6.07) is 18.2. The van der Waals surface area contributed by atoms with Gasteiger partial charge in [-0.25, -0.2) is 14.1 Å². The van der Waals surface area contributed by atoms with Gasteiger partial charge >= 0.3 is 5.97 Å². The number of anilines is 2. The summed E-state index contributed by atoms with van der Waals surface area (Å²) in [5.41, 5.74) is 2.42. The molecule has 8 rings (SSSR count). The molecule has 4 aromatic rings. The second-order valence-electron chi connectivity index (χ2n) is 14.2. The summed E-state index contributed by atoms with van der Waals surface area (Å²) in [5.74, 6) is -10.2. The number of allylic oxidation sites excluding steroid dienone is 2. The number of phenolic OH excluding ortho intramolecular Hbond substituents is 1. The van der Waals surface area contributed by atoms with E-state index in [0.717, 1.165) is 22.0 Å². The summed E-state index contributed by atoms with van der Waals surface area (Å²) in [6.45, 7) is 0. The average Bonchev–Trinajstić information content (AvgIpc) is 3.56. The van der Waals surface area contributed by atoms with Crippen molar-refractivity contribution in [1.29, 1.82) is 0 Å². The van der Waals surface area contributed by atoms with E-state index in [4.69, 9.17) is 21.1 Å². The number of hydrazine groups is 1. The smallest absolute Gasteiger partial charge is 0.339 e. The Bertz CT molecular complexity index is 2360. The largest absolute Gasteiger partial charge is 0.507 e. The predicted molar refractivity (Wildman–Crippen MR) is 198 cm³/mol. The van der Waals surface area contributed by atoms with Gasteiger partial charge in [-0.05, 0) is 90.6 Å².